The summed E-state index contributed by atoms with van der Waals surface area (Å²) in [6.45, 7) is 0. The molecule has 1 heteroatoms. The molecule has 4 aliphatic carbocycles. The first-order chi connectivity index (χ1) is 10.3. The third-order valence-electron chi connectivity index (χ3n) is 4.28. The number of benzene rings is 2. The van der Waals surface area contributed by atoms with Crippen LogP contribution in [-0.4, -0.2) is 5.78 Å². The molecule has 0 spiro atoms. The molecule has 0 saturated heterocycles. The number of carbonyl (C=O) groups is 1. The third kappa shape index (κ3) is 4.04. The quantitative estimate of drug-likeness (QED) is 0.702. The molecule has 1 nitrogen and oxygen atoms in total. The molecule has 0 fully saturated rings. The maximum absolute atomic E-state index is 12.2. The Morgan fingerprint density at radius 2 is 0.905 bits per heavy atom. The van der Waals surface area contributed by atoms with Crippen LogP contribution in [-0.2, 0) is 30.5 Å². The van der Waals surface area contributed by atoms with Gasteiger partial charge in [-0.1, -0.05) is 55.0 Å². The van der Waals surface area contributed by atoms with Crippen LogP contribution in [0.15, 0.2) is 48.5 Å². The van der Waals surface area contributed by atoms with Gasteiger partial charge in [0, 0.05) is 12.8 Å². The first-order valence-corrected chi connectivity index (χ1v) is 7.97. The lowest BCUT2D eigenvalue weighted by Crippen LogP contribution is -2.07. The van der Waals surface area contributed by atoms with Crippen LogP contribution in [0.1, 0.15) is 41.5 Å². The van der Waals surface area contributed by atoms with E-state index in [2.05, 4.69) is 48.5 Å². The molecular formula is C20H22O. The summed E-state index contributed by atoms with van der Waals surface area (Å²) in [6, 6.07) is 17.2. The van der Waals surface area contributed by atoms with Crippen LogP contribution in [0.25, 0.3) is 0 Å². The molecule has 0 aliphatic heterocycles. The molecule has 0 amide bonds. The van der Waals surface area contributed by atoms with Crippen LogP contribution in [0.2, 0.25) is 0 Å². The van der Waals surface area contributed by atoms with Gasteiger partial charge in [0.05, 0.1) is 0 Å². The topological polar surface area (TPSA) is 17.1 Å². The fraction of sp³-hybridized carbons (Fsp3) is 0.350. The van der Waals surface area contributed by atoms with Crippen molar-refractivity contribution < 1.29 is 4.79 Å². The van der Waals surface area contributed by atoms with Gasteiger partial charge in [-0.3, -0.25) is 4.79 Å². The third-order valence-corrected chi connectivity index (χ3v) is 4.28. The zero-order valence-electron chi connectivity index (χ0n) is 12.5. The fourth-order valence-electron chi connectivity index (χ4n) is 3.00. The Hall–Kier alpha value is -1.89. The highest BCUT2D eigenvalue weighted by Crippen LogP contribution is 2.14. The van der Waals surface area contributed by atoms with Crippen LogP contribution >= 0.6 is 0 Å². The highest BCUT2D eigenvalue weighted by molar-refractivity contribution is 5.83. The summed E-state index contributed by atoms with van der Waals surface area (Å²) in [5.41, 5.74) is 5.04. The molecule has 0 aromatic heterocycles. The van der Waals surface area contributed by atoms with E-state index in [1.54, 1.807) is 0 Å². The number of hydrogen-bond donors (Lipinski definition) is 0. The van der Waals surface area contributed by atoms with Crippen LogP contribution in [0, 0.1) is 0 Å². The van der Waals surface area contributed by atoms with Crippen molar-refractivity contribution in [2.24, 2.45) is 0 Å². The van der Waals surface area contributed by atoms with E-state index in [-0.39, 0.29) is 0 Å². The van der Waals surface area contributed by atoms with Crippen molar-refractivity contribution >= 4 is 5.78 Å². The van der Waals surface area contributed by atoms with E-state index < -0.39 is 0 Å². The summed E-state index contributed by atoms with van der Waals surface area (Å²) in [6.07, 6.45) is 7.15. The Morgan fingerprint density at radius 3 is 1.33 bits per heavy atom. The Balaban J connectivity index is 1.79. The molecule has 4 bridgehead atoms. The molecule has 4 aliphatic rings. The maximum Gasteiger partial charge on any atom is 0.141 e. The lowest BCUT2D eigenvalue weighted by atomic mass is 9.97. The largest absolute Gasteiger partial charge is 0.299 e. The van der Waals surface area contributed by atoms with Crippen molar-refractivity contribution in [3.8, 4) is 0 Å². The van der Waals surface area contributed by atoms with E-state index in [0.29, 0.717) is 18.6 Å². The van der Waals surface area contributed by atoms with Gasteiger partial charge < -0.3 is 0 Å². The molecule has 0 N–H and O–H groups in total. The molecular weight excluding hydrogens is 256 g/mol. The van der Waals surface area contributed by atoms with Crippen molar-refractivity contribution in [2.75, 3.05) is 0 Å². The van der Waals surface area contributed by atoms with Crippen LogP contribution < -0.4 is 0 Å². The zero-order chi connectivity index (χ0) is 14.5. The van der Waals surface area contributed by atoms with E-state index in [4.69, 9.17) is 0 Å². The van der Waals surface area contributed by atoms with Gasteiger partial charge in [0.2, 0.25) is 0 Å². The highest BCUT2D eigenvalue weighted by Gasteiger charge is 2.06. The van der Waals surface area contributed by atoms with Gasteiger partial charge in [-0.15, -0.1) is 0 Å². The average Bonchev–Trinajstić information content (AvgIpc) is 2.49. The molecule has 6 rings (SSSR count). The van der Waals surface area contributed by atoms with Crippen molar-refractivity contribution in [1.29, 1.82) is 0 Å². The molecule has 0 heterocycles. The van der Waals surface area contributed by atoms with E-state index in [1.807, 2.05) is 0 Å². The summed E-state index contributed by atoms with van der Waals surface area (Å²) in [5, 5.41) is 0. The summed E-state index contributed by atoms with van der Waals surface area (Å²) >= 11 is 0. The van der Waals surface area contributed by atoms with Crippen molar-refractivity contribution in [3.05, 3.63) is 70.8 Å². The number of aryl methyl sites for hydroxylation is 2. The Morgan fingerprint density at radius 1 is 0.524 bits per heavy atom. The van der Waals surface area contributed by atoms with Gasteiger partial charge in [-0.2, -0.15) is 0 Å². The monoisotopic (exact) mass is 278 g/mol. The van der Waals surface area contributed by atoms with Gasteiger partial charge in [0.1, 0.15) is 5.78 Å². The summed E-state index contributed by atoms with van der Waals surface area (Å²) < 4.78 is 0. The standard InChI is InChI=1S/C20H22O/c21-20-14-18-10-6-16(7-11-18)4-2-1-3-5-17-8-12-19(15-20)13-9-17/h6-13H,1-5,14-15H2. The van der Waals surface area contributed by atoms with Gasteiger partial charge in [0.15, 0.2) is 0 Å². The molecule has 2 aromatic rings. The number of hydrogen-bond acceptors (Lipinski definition) is 1. The summed E-state index contributed by atoms with van der Waals surface area (Å²) in [5.74, 6) is 0.294. The molecule has 108 valence electrons. The van der Waals surface area contributed by atoms with Crippen LogP contribution in [0.4, 0.5) is 0 Å². The minimum absolute atomic E-state index is 0.294. The van der Waals surface area contributed by atoms with E-state index in [1.165, 1.54) is 30.4 Å². The zero-order valence-corrected chi connectivity index (χ0v) is 12.5. The first kappa shape index (κ1) is 14.1. The normalized spacial score (nSPS) is 16.3. The van der Waals surface area contributed by atoms with Crippen molar-refractivity contribution in [2.45, 2.75) is 44.9 Å². The Bertz CT molecular complexity index is 539. The Labute approximate surface area is 127 Å². The number of carbonyl (C=O) groups excluding carboxylic acids is 1. The molecule has 0 radical (unpaired) electrons. The molecule has 2 aromatic carbocycles. The smallest absolute Gasteiger partial charge is 0.141 e. The van der Waals surface area contributed by atoms with E-state index >= 15 is 0 Å². The highest BCUT2D eigenvalue weighted by atomic mass is 16.1. The number of Topliss-reactive ketones (excluding diaryl/α,β-unsaturated/α-hetero) is 1. The summed E-state index contributed by atoms with van der Waals surface area (Å²) in [7, 11) is 0. The van der Waals surface area contributed by atoms with Gasteiger partial charge in [-0.05, 0) is 47.9 Å². The van der Waals surface area contributed by atoms with Crippen molar-refractivity contribution in [3.63, 3.8) is 0 Å². The summed E-state index contributed by atoms with van der Waals surface area (Å²) in [4.78, 5) is 12.2. The number of rotatable bonds is 0. The fourth-order valence-corrected chi connectivity index (χ4v) is 3.00. The SMILES string of the molecule is O=C1Cc2ccc(cc2)CCCCCc2ccc(cc2)C1. The molecule has 21 heavy (non-hydrogen) atoms. The minimum atomic E-state index is 0.294. The lowest BCUT2D eigenvalue weighted by Gasteiger charge is -2.08. The Kier molecular flexibility index (Phi) is 4.49. The predicted molar refractivity (Wildman–Crippen MR) is 86.6 cm³/mol. The second kappa shape index (κ2) is 6.71. The molecule has 0 saturated carbocycles. The van der Waals surface area contributed by atoms with E-state index in [0.717, 1.165) is 24.0 Å². The van der Waals surface area contributed by atoms with Gasteiger partial charge in [-0.25, -0.2) is 0 Å². The van der Waals surface area contributed by atoms with Crippen molar-refractivity contribution in [1.82, 2.24) is 0 Å². The van der Waals surface area contributed by atoms with Crippen LogP contribution in [0.5, 0.6) is 0 Å². The molecule has 0 unspecified atom stereocenters. The maximum atomic E-state index is 12.2. The lowest BCUT2D eigenvalue weighted by molar-refractivity contribution is -0.117. The van der Waals surface area contributed by atoms with Crippen LogP contribution in [0.3, 0.4) is 0 Å². The predicted octanol–water partition coefficient (Wildman–Crippen LogP) is 4.31. The molecule has 0 atom stereocenters. The minimum Gasteiger partial charge on any atom is -0.299 e. The van der Waals surface area contributed by atoms with Gasteiger partial charge >= 0.3 is 0 Å². The second-order valence-corrected chi connectivity index (χ2v) is 6.09. The average molecular weight is 278 g/mol. The van der Waals surface area contributed by atoms with Gasteiger partial charge in [0.25, 0.3) is 0 Å². The first-order valence-electron chi connectivity index (χ1n) is 7.97. The van der Waals surface area contributed by atoms with E-state index in [9.17, 15) is 4.79 Å². The number of ketones is 1. The second-order valence-electron chi connectivity index (χ2n) is 6.09.